The third-order valence-corrected chi connectivity index (χ3v) is 5.27. The number of aromatic nitrogens is 1. The van der Waals surface area contributed by atoms with Crippen molar-refractivity contribution in [2.45, 2.75) is 27.7 Å². The van der Waals surface area contributed by atoms with E-state index in [1.54, 1.807) is 25.2 Å². The summed E-state index contributed by atoms with van der Waals surface area (Å²) in [6.07, 6.45) is 0. The van der Waals surface area contributed by atoms with Crippen LogP contribution < -0.4 is 10.9 Å². The maximum atomic E-state index is 14.8. The minimum absolute atomic E-state index is 0.141. The van der Waals surface area contributed by atoms with Gasteiger partial charge < -0.3 is 5.32 Å². The Hall–Kier alpha value is -3.54. The van der Waals surface area contributed by atoms with Crippen molar-refractivity contribution in [3.8, 4) is 5.69 Å². The Morgan fingerprint density at radius 2 is 1.91 bits per heavy atom. The summed E-state index contributed by atoms with van der Waals surface area (Å²) in [6, 6.07) is 13.7. The lowest BCUT2D eigenvalue weighted by Gasteiger charge is -2.20. The molecular formula is C26H29FN4O. The standard InChI is InChI=1S/C26H29FN4O/c1-7-29-24(16(2)3)25(28-6)30-18(5)22-15-19-12-10-11-17(4)23(19)26(32)31(22)21-14-9-8-13-20(21)27/h8-16H,5,7H2,1-4,6H3,(H,28,30). The van der Waals surface area contributed by atoms with Gasteiger partial charge in [0.2, 0.25) is 0 Å². The molecule has 0 bridgehead atoms. The Kier molecular flexibility index (Phi) is 7.03. The van der Waals surface area contributed by atoms with E-state index in [0.717, 1.165) is 16.7 Å². The second kappa shape index (κ2) is 9.73. The Bertz CT molecular complexity index is 1280. The minimum Gasteiger partial charge on any atom is -0.338 e. The van der Waals surface area contributed by atoms with E-state index in [0.29, 0.717) is 29.2 Å². The number of nitrogens with zero attached hydrogens (tertiary/aromatic N) is 3. The van der Waals surface area contributed by atoms with E-state index >= 15 is 0 Å². The third kappa shape index (κ3) is 4.40. The normalized spacial score (nSPS) is 12.5. The van der Waals surface area contributed by atoms with Gasteiger partial charge in [0.1, 0.15) is 11.7 Å². The SMILES string of the molecule is C=C(NC(=NC)C(=NCC)C(C)C)c1cc2cccc(C)c2c(=O)n1-c1ccccc1F. The number of nitrogens with one attached hydrogen (secondary N) is 1. The molecule has 1 aromatic heterocycles. The number of benzene rings is 2. The van der Waals surface area contributed by atoms with Gasteiger partial charge in [0.15, 0.2) is 0 Å². The molecule has 0 fully saturated rings. The first-order chi connectivity index (χ1) is 15.3. The molecule has 166 valence electrons. The topological polar surface area (TPSA) is 58.8 Å². The van der Waals surface area contributed by atoms with Gasteiger partial charge in [0.25, 0.3) is 5.56 Å². The molecule has 2 aromatic carbocycles. The van der Waals surface area contributed by atoms with E-state index in [-0.39, 0.29) is 17.2 Å². The Balaban J connectivity index is 2.25. The van der Waals surface area contributed by atoms with Gasteiger partial charge in [-0.15, -0.1) is 0 Å². The molecule has 0 saturated heterocycles. The summed E-state index contributed by atoms with van der Waals surface area (Å²) >= 11 is 0. The van der Waals surface area contributed by atoms with Gasteiger partial charge in [0.05, 0.1) is 28.2 Å². The minimum atomic E-state index is -0.489. The summed E-state index contributed by atoms with van der Waals surface area (Å²) in [4.78, 5) is 22.5. The highest BCUT2D eigenvalue weighted by atomic mass is 19.1. The first-order valence-electron chi connectivity index (χ1n) is 10.7. The van der Waals surface area contributed by atoms with Crippen LogP contribution in [0.15, 0.2) is 69.9 Å². The van der Waals surface area contributed by atoms with Gasteiger partial charge in [-0.05, 0) is 48.9 Å². The van der Waals surface area contributed by atoms with Crippen molar-refractivity contribution < 1.29 is 4.39 Å². The summed E-state index contributed by atoms with van der Waals surface area (Å²) < 4.78 is 16.2. The fourth-order valence-electron chi connectivity index (χ4n) is 3.77. The molecule has 0 saturated carbocycles. The van der Waals surface area contributed by atoms with Crippen molar-refractivity contribution in [2.24, 2.45) is 15.9 Å². The number of rotatable bonds is 6. The zero-order chi connectivity index (χ0) is 23.4. The van der Waals surface area contributed by atoms with Crippen molar-refractivity contribution in [2.75, 3.05) is 13.6 Å². The molecule has 5 nitrogen and oxygen atoms in total. The van der Waals surface area contributed by atoms with Crippen LogP contribution in [-0.4, -0.2) is 29.7 Å². The first-order valence-corrected chi connectivity index (χ1v) is 10.7. The van der Waals surface area contributed by atoms with Crippen LogP contribution >= 0.6 is 0 Å². The summed E-state index contributed by atoms with van der Waals surface area (Å²) in [5.41, 5.74) is 2.40. The van der Waals surface area contributed by atoms with Gasteiger partial charge in [-0.1, -0.05) is 50.8 Å². The second-order valence-electron chi connectivity index (χ2n) is 7.85. The van der Waals surface area contributed by atoms with E-state index in [1.165, 1.54) is 10.6 Å². The number of aryl methyl sites for hydroxylation is 1. The summed E-state index contributed by atoms with van der Waals surface area (Å²) in [7, 11) is 1.68. The van der Waals surface area contributed by atoms with Crippen LogP contribution in [0.25, 0.3) is 22.2 Å². The molecule has 0 atom stereocenters. The Labute approximate surface area is 188 Å². The van der Waals surface area contributed by atoms with Gasteiger partial charge in [-0.25, -0.2) is 4.39 Å². The Morgan fingerprint density at radius 1 is 1.19 bits per heavy atom. The van der Waals surface area contributed by atoms with Crippen LogP contribution in [0.4, 0.5) is 4.39 Å². The van der Waals surface area contributed by atoms with Gasteiger partial charge in [0, 0.05) is 13.6 Å². The van der Waals surface area contributed by atoms with E-state index in [4.69, 9.17) is 0 Å². The number of amidine groups is 1. The zero-order valence-electron chi connectivity index (χ0n) is 19.2. The molecule has 0 aliphatic carbocycles. The van der Waals surface area contributed by atoms with E-state index in [2.05, 4.69) is 21.9 Å². The summed E-state index contributed by atoms with van der Waals surface area (Å²) in [5.74, 6) is 0.224. The lowest BCUT2D eigenvalue weighted by molar-refractivity contribution is 0.616. The number of halogens is 1. The molecule has 3 aromatic rings. The molecule has 0 radical (unpaired) electrons. The molecule has 0 unspecified atom stereocenters. The number of para-hydroxylation sites is 1. The lowest BCUT2D eigenvalue weighted by atomic mass is 10.0. The van der Waals surface area contributed by atoms with Crippen LogP contribution in [0, 0.1) is 18.7 Å². The van der Waals surface area contributed by atoms with E-state index in [1.807, 2.05) is 52.0 Å². The average molecular weight is 433 g/mol. The molecule has 0 amide bonds. The molecule has 0 aliphatic heterocycles. The van der Waals surface area contributed by atoms with E-state index < -0.39 is 5.82 Å². The highest BCUT2D eigenvalue weighted by molar-refractivity contribution is 6.43. The molecule has 32 heavy (non-hydrogen) atoms. The first kappa shape index (κ1) is 23.1. The number of pyridine rings is 1. The van der Waals surface area contributed by atoms with Crippen molar-refractivity contribution >= 4 is 28.0 Å². The van der Waals surface area contributed by atoms with Crippen molar-refractivity contribution in [3.05, 3.63) is 82.5 Å². The van der Waals surface area contributed by atoms with E-state index in [9.17, 15) is 9.18 Å². The molecule has 6 heteroatoms. The Morgan fingerprint density at radius 3 is 2.53 bits per heavy atom. The monoisotopic (exact) mass is 432 g/mol. The number of aliphatic imine (C=N–C) groups is 2. The summed E-state index contributed by atoms with van der Waals surface area (Å²) in [6.45, 7) is 12.7. The van der Waals surface area contributed by atoms with Gasteiger partial charge in [-0.3, -0.25) is 19.3 Å². The quantitative estimate of drug-likeness (QED) is 0.433. The molecule has 1 N–H and O–H groups in total. The van der Waals surface area contributed by atoms with Crippen LogP contribution in [0.5, 0.6) is 0 Å². The molecular weight excluding hydrogens is 403 g/mol. The molecule has 3 rings (SSSR count). The fraction of sp³-hybridized carbons (Fsp3) is 0.269. The van der Waals surface area contributed by atoms with Crippen molar-refractivity contribution in [3.63, 3.8) is 0 Å². The predicted molar refractivity (Wildman–Crippen MR) is 133 cm³/mol. The van der Waals surface area contributed by atoms with Gasteiger partial charge >= 0.3 is 0 Å². The smallest absolute Gasteiger partial charge is 0.263 e. The fourth-order valence-corrected chi connectivity index (χ4v) is 3.77. The highest BCUT2D eigenvalue weighted by Gasteiger charge is 2.19. The zero-order valence-corrected chi connectivity index (χ0v) is 19.2. The maximum Gasteiger partial charge on any atom is 0.263 e. The largest absolute Gasteiger partial charge is 0.338 e. The molecule has 0 aliphatic rings. The van der Waals surface area contributed by atoms with Crippen molar-refractivity contribution in [1.29, 1.82) is 0 Å². The van der Waals surface area contributed by atoms with Crippen LogP contribution in [0.1, 0.15) is 32.0 Å². The summed E-state index contributed by atoms with van der Waals surface area (Å²) in [5, 5.41) is 4.54. The number of fused-ring (bicyclic) bond motifs is 1. The van der Waals surface area contributed by atoms with Gasteiger partial charge in [-0.2, -0.15) is 0 Å². The average Bonchev–Trinajstić information content (AvgIpc) is 2.76. The highest BCUT2D eigenvalue weighted by Crippen LogP contribution is 2.23. The number of hydrogen-bond acceptors (Lipinski definition) is 3. The van der Waals surface area contributed by atoms with Crippen LogP contribution in [0.3, 0.4) is 0 Å². The number of hydrogen-bond donors (Lipinski definition) is 1. The van der Waals surface area contributed by atoms with Crippen molar-refractivity contribution in [1.82, 2.24) is 9.88 Å². The third-order valence-electron chi connectivity index (χ3n) is 5.27. The molecule has 0 spiro atoms. The predicted octanol–water partition coefficient (Wildman–Crippen LogP) is 5.14. The molecule has 1 heterocycles. The van der Waals surface area contributed by atoms with Crippen LogP contribution in [0.2, 0.25) is 0 Å². The van der Waals surface area contributed by atoms with Crippen LogP contribution in [-0.2, 0) is 0 Å². The second-order valence-corrected chi connectivity index (χ2v) is 7.85. The lowest BCUT2D eigenvalue weighted by Crippen LogP contribution is -2.35. The maximum absolute atomic E-state index is 14.8.